The highest BCUT2D eigenvalue weighted by atomic mass is 127. The predicted molar refractivity (Wildman–Crippen MR) is 47.0 cm³/mol. The number of hydrogen-bond donors (Lipinski definition) is 0. The molecule has 0 saturated carbocycles. The second-order valence-electron chi connectivity index (χ2n) is 1.73. The molecule has 0 unspecified atom stereocenters. The van der Waals surface area contributed by atoms with Crippen molar-refractivity contribution < 1.29 is 13.2 Å². The summed E-state index contributed by atoms with van der Waals surface area (Å²) >= 11 is 7.77. The van der Waals surface area contributed by atoms with Gasteiger partial charge in [0.15, 0.2) is 0 Å². The molecule has 1 heterocycles. The lowest BCUT2D eigenvalue weighted by atomic mass is 10.5. The first-order valence-corrected chi connectivity index (χ1v) is 4.70. The minimum atomic E-state index is -4.31. The first-order valence-electron chi connectivity index (χ1n) is 2.43. The van der Waals surface area contributed by atoms with Crippen LogP contribution in [0.15, 0.2) is 6.07 Å². The van der Waals surface area contributed by atoms with Crippen LogP contribution in [-0.2, 0) is 6.18 Å². The predicted octanol–water partition coefficient (Wildman–Crippen LogP) is 4.02. The molecule has 0 spiro atoms. The summed E-state index contributed by atoms with van der Waals surface area (Å²) in [6.07, 6.45) is -4.31. The molecule has 0 saturated heterocycles. The fourth-order valence-electron chi connectivity index (χ4n) is 0.534. The Morgan fingerprint density at radius 2 is 2.00 bits per heavy atom. The summed E-state index contributed by atoms with van der Waals surface area (Å²) in [6, 6.07) is 1.30. The van der Waals surface area contributed by atoms with Crippen LogP contribution in [-0.4, -0.2) is 0 Å². The van der Waals surface area contributed by atoms with Crippen LogP contribution in [0.2, 0.25) is 5.02 Å². The fraction of sp³-hybridized carbons (Fsp3) is 0.200. The molecule has 0 nitrogen and oxygen atoms in total. The van der Waals surface area contributed by atoms with E-state index >= 15 is 0 Å². The summed E-state index contributed by atoms with van der Waals surface area (Å²) < 4.78 is 36.5. The number of thiophene rings is 1. The monoisotopic (exact) mass is 312 g/mol. The standard InChI is InChI=1S/C5HClF3IS/c6-2-1-3(10)11-4(2)5(7,8)9/h1H. The Morgan fingerprint density at radius 1 is 1.45 bits per heavy atom. The molecular formula is C5HClF3IS. The Labute approximate surface area is 83.5 Å². The maximum atomic E-state index is 12.0. The summed E-state index contributed by atoms with van der Waals surface area (Å²) in [5.41, 5.74) is 0. The van der Waals surface area contributed by atoms with Crippen LogP contribution in [0.3, 0.4) is 0 Å². The van der Waals surface area contributed by atoms with Gasteiger partial charge >= 0.3 is 6.18 Å². The molecule has 1 rings (SSSR count). The topological polar surface area (TPSA) is 0 Å². The molecule has 0 aromatic carbocycles. The van der Waals surface area contributed by atoms with E-state index in [1.165, 1.54) is 6.07 Å². The van der Waals surface area contributed by atoms with Crippen molar-refractivity contribution in [1.29, 1.82) is 0 Å². The van der Waals surface area contributed by atoms with E-state index in [1.807, 2.05) is 0 Å². The lowest BCUT2D eigenvalue weighted by Gasteiger charge is -2.01. The Hall–Kier alpha value is 0.510. The van der Waals surface area contributed by atoms with Crippen molar-refractivity contribution in [3.63, 3.8) is 0 Å². The first kappa shape index (κ1) is 9.60. The van der Waals surface area contributed by atoms with Gasteiger partial charge in [-0.1, -0.05) is 11.6 Å². The number of alkyl halides is 3. The van der Waals surface area contributed by atoms with Crippen molar-refractivity contribution in [2.75, 3.05) is 0 Å². The van der Waals surface area contributed by atoms with Crippen molar-refractivity contribution in [3.05, 3.63) is 18.9 Å². The van der Waals surface area contributed by atoms with Crippen LogP contribution in [0.1, 0.15) is 4.88 Å². The first-order chi connectivity index (χ1) is 4.91. The van der Waals surface area contributed by atoms with E-state index in [2.05, 4.69) is 0 Å². The largest absolute Gasteiger partial charge is 0.427 e. The molecule has 0 radical (unpaired) electrons. The van der Waals surface area contributed by atoms with Crippen LogP contribution in [0, 0.1) is 2.88 Å². The highest BCUT2D eigenvalue weighted by molar-refractivity contribution is 14.1. The van der Waals surface area contributed by atoms with E-state index in [0.717, 1.165) is 0 Å². The van der Waals surface area contributed by atoms with Crippen molar-refractivity contribution in [1.82, 2.24) is 0 Å². The van der Waals surface area contributed by atoms with E-state index < -0.39 is 11.1 Å². The second-order valence-corrected chi connectivity index (χ2v) is 5.08. The van der Waals surface area contributed by atoms with Gasteiger partial charge < -0.3 is 0 Å². The highest BCUT2D eigenvalue weighted by Crippen LogP contribution is 2.40. The van der Waals surface area contributed by atoms with Crippen LogP contribution in [0.5, 0.6) is 0 Å². The molecule has 0 aliphatic carbocycles. The minimum Gasteiger partial charge on any atom is -0.165 e. The number of rotatable bonds is 0. The van der Waals surface area contributed by atoms with Gasteiger partial charge in [0.2, 0.25) is 0 Å². The minimum absolute atomic E-state index is 0.216. The Balaban J connectivity index is 3.13. The molecule has 62 valence electrons. The van der Waals surface area contributed by atoms with Crippen LogP contribution >= 0.6 is 45.5 Å². The Bertz CT molecular complexity index is 267. The van der Waals surface area contributed by atoms with Crippen molar-refractivity contribution in [2.45, 2.75) is 6.18 Å². The third-order valence-electron chi connectivity index (χ3n) is 0.914. The zero-order valence-electron chi connectivity index (χ0n) is 4.88. The summed E-state index contributed by atoms with van der Waals surface area (Å²) in [4.78, 5) is -0.719. The van der Waals surface area contributed by atoms with Gasteiger partial charge in [-0.25, -0.2) is 0 Å². The Morgan fingerprint density at radius 3 is 2.18 bits per heavy atom. The smallest absolute Gasteiger partial charge is 0.165 e. The molecule has 0 aliphatic rings. The van der Waals surface area contributed by atoms with Crippen LogP contribution < -0.4 is 0 Å². The van der Waals surface area contributed by atoms with E-state index in [9.17, 15) is 13.2 Å². The quantitative estimate of drug-likeness (QED) is 0.635. The lowest BCUT2D eigenvalue weighted by Crippen LogP contribution is -2.01. The van der Waals surface area contributed by atoms with E-state index in [4.69, 9.17) is 11.6 Å². The van der Waals surface area contributed by atoms with Gasteiger partial charge in [-0.15, -0.1) is 11.3 Å². The SMILES string of the molecule is FC(F)(F)c1sc(I)cc1Cl. The van der Waals surface area contributed by atoms with Gasteiger partial charge in [-0.2, -0.15) is 13.2 Å². The molecule has 0 amide bonds. The molecule has 0 bridgehead atoms. The second kappa shape index (κ2) is 3.10. The van der Waals surface area contributed by atoms with Gasteiger partial charge in [-0.3, -0.25) is 0 Å². The van der Waals surface area contributed by atoms with Gasteiger partial charge in [-0.05, 0) is 28.7 Å². The summed E-state index contributed by atoms with van der Waals surface area (Å²) in [5.74, 6) is 0. The average molecular weight is 312 g/mol. The van der Waals surface area contributed by atoms with Crippen molar-refractivity contribution in [2.24, 2.45) is 0 Å². The summed E-state index contributed by atoms with van der Waals surface area (Å²) in [5, 5.41) is -0.216. The van der Waals surface area contributed by atoms with Crippen molar-refractivity contribution >= 4 is 45.5 Å². The van der Waals surface area contributed by atoms with Crippen LogP contribution in [0.4, 0.5) is 13.2 Å². The van der Waals surface area contributed by atoms with Gasteiger partial charge in [0.25, 0.3) is 0 Å². The lowest BCUT2D eigenvalue weighted by molar-refractivity contribution is -0.134. The van der Waals surface area contributed by atoms with E-state index in [0.29, 0.717) is 14.2 Å². The van der Waals surface area contributed by atoms with Crippen molar-refractivity contribution in [3.8, 4) is 0 Å². The molecule has 11 heavy (non-hydrogen) atoms. The van der Waals surface area contributed by atoms with Crippen LogP contribution in [0.25, 0.3) is 0 Å². The maximum absolute atomic E-state index is 12.0. The zero-order valence-corrected chi connectivity index (χ0v) is 8.61. The molecule has 0 aliphatic heterocycles. The highest BCUT2D eigenvalue weighted by Gasteiger charge is 2.35. The number of halogens is 5. The Kier molecular flexibility index (Phi) is 2.70. The molecule has 0 fully saturated rings. The molecule has 0 atom stereocenters. The normalized spacial score (nSPS) is 12.1. The average Bonchev–Trinajstić information content (AvgIpc) is 2.08. The third-order valence-corrected chi connectivity index (χ3v) is 3.26. The molecule has 1 aromatic rings. The molecular weight excluding hydrogens is 311 g/mol. The summed E-state index contributed by atoms with van der Waals surface area (Å²) in [7, 11) is 0. The summed E-state index contributed by atoms with van der Waals surface area (Å²) in [6.45, 7) is 0. The van der Waals surface area contributed by atoms with E-state index in [-0.39, 0.29) is 5.02 Å². The zero-order chi connectivity index (χ0) is 8.65. The van der Waals surface area contributed by atoms with Gasteiger partial charge in [0.1, 0.15) is 4.88 Å². The maximum Gasteiger partial charge on any atom is 0.427 e. The number of hydrogen-bond acceptors (Lipinski definition) is 1. The molecule has 1 aromatic heterocycles. The van der Waals surface area contributed by atoms with Gasteiger partial charge in [0.05, 0.1) is 7.91 Å². The van der Waals surface area contributed by atoms with E-state index in [1.54, 1.807) is 22.6 Å². The molecule has 6 heteroatoms. The molecule has 0 N–H and O–H groups in total. The van der Waals surface area contributed by atoms with Gasteiger partial charge in [0, 0.05) is 0 Å². The third kappa shape index (κ3) is 2.22. The fourth-order valence-corrected chi connectivity index (χ4v) is 2.73.